The summed E-state index contributed by atoms with van der Waals surface area (Å²) in [6.07, 6.45) is 0. The summed E-state index contributed by atoms with van der Waals surface area (Å²) in [6, 6.07) is 9.06. The summed E-state index contributed by atoms with van der Waals surface area (Å²) in [7, 11) is 1.23. The molecule has 36 heavy (non-hydrogen) atoms. The fourth-order valence-corrected chi connectivity index (χ4v) is 5.04. The van der Waals surface area contributed by atoms with E-state index in [0.29, 0.717) is 29.2 Å². The number of rotatable bonds is 6. The van der Waals surface area contributed by atoms with Crippen molar-refractivity contribution in [3.05, 3.63) is 81.1 Å². The van der Waals surface area contributed by atoms with Gasteiger partial charge in [-0.05, 0) is 62.2 Å². The van der Waals surface area contributed by atoms with Gasteiger partial charge in [0, 0.05) is 5.56 Å². The molecule has 4 rings (SSSR count). The van der Waals surface area contributed by atoms with E-state index in [1.54, 1.807) is 32.0 Å². The van der Waals surface area contributed by atoms with Crippen molar-refractivity contribution in [1.82, 2.24) is 4.98 Å². The third kappa shape index (κ3) is 4.35. The highest BCUT2D eigenvalue weighted by Gasteiger charge is 2.48. The molecule has 3 aromatic rings. The molecule has 1 aromatic heterocycles. The lowest BCUT2D eigenvalue weighted by molar-refractivity contribution is -0.132. The Hall–Kier alpha value is -4.05. The first-order valence-corrected chi connectivity index (χ1v) is 11.9. The van der Waals surface area contributed by atoms with E-state index >= 15 is 0 Å². The maximum absolute atomic E-state index is 13.7. The van der Waals surface area contributed by atoms with E-state index < -0.39 is 35.3 Å². The SMILES string of the molecule is CCOc1ccc(C(O)=C2C(=O)C(=O)N(c3nc(C)c(C(=O)OC)s3)[C@@H]2c2ccc(F)cc2)cc1C. The predicted octanol–water partition coefficient (Wildman–Crippen LogP) is 4.71. The van der Waals surface area contributed by atoms with E-state index in [1.165, 1.54) is 31.4 Å². The number of methoxy groups -OCH3 is 1. The molecule has 1 amide bonds. The number of carbonyl (C=O) groups excluding carboxylic acids is 3. The molecule has 1 aliphatic heterocycles. The Kier molecular flexibility index (Phi) is 6.89. The van der Waals surface area contributed by atoms with Gasteiger partial charge >= 0.3 is 11.9 Å². The Morgan fingerprint density at radius 1 is 1.17 bits per heavy atom. The zero-order valence-corrected chi connectivity index (χ0v) is 20.8. The van der Waals surface area contributed by atoms with Crippen LogP contribution in [0.5, 0.6) is 5.75 Å². The number of nitrogens with zero attached hydrogens (tertiary/aromatic N) is 2. The number of aryl methyl sites for hydroxylation is 2. The summed E-state index contributed by atoms with van der Waals surface area (Å²) in [6.45, 7) is 5.69. The van der Waals surface area contributed by atoms with Crippen LogP contribution in [0.3, 0.4) is 0 Å². The van der Waals surface area contributed by atoms with Crippen molar-refractivity contribution >= 4 is 39.9 Å². The molecule has 0 aliphatic carbocycles. The van der Waals surface area contributed by atoms with Crippen molar-refractivity contribution in [2.75, 3.05) is 18.6 Å². The number of esters is 1. The van der Waals surface area contributed by atoms with Crippen LogP contribution >= 0.6 is 11.3 Å². The molecule has 1 saturated heterocycles. The second-order valence-corrected chi connectivity index (χ2v) is 9.01. The molecule has 1 atom stereocenters. The molecule has 0 radical (unpaired) electrons. The summed E-state index contributed by atoms with van der Waals surface area (Å²) in [5, 5.41) is 11.3. The molecule has 0 saturated carbocycles. The van der Waals surface area contributed by atoms with Gasteiger partial charge < -0.3 is 14.6 Å². The first-order chi connectivity index (χ1) is 17.2. The van der Waals surface area contributed by atoms with Crippen molar-refractivity contribution in [3.8, 4) is 5.75 Å². The minimum absolute atomic E-state index is 0.0752. The highest BCUT2D eigenvalue weighted by atomic mass is 32.1. The number of benzene rings is 2. The van der Waals surface area contributed by atoms with Gasteiger partial charge in [-0.25, -0.2) is 14.2 Å². The lowest BCUT2D eigenvalue weighted by Crippen LogP contribution is -2.29. The molecule has 1 fully saturated rings. The second-order valence-electron chi connectivity index (χ2n) is 8.04. The molecule has 2 aromatic carbocycles. The van der Waals surface area contributed by atoms with E-state index in [4.69, 9.17) is 9.47 Å². The zero-order valence-electron chi connectivity index (χ0n) is 20.0. The quantitative estimate of drug-likeness (QED) is 0.222. The molecule has 0 bridgehead atoms. The number of thiazole rings is 1. The molecule has 0 spiro atoms. The Morgan fingerprint density at radius 3 is 2.47 bits per heavy atom. The average molecular weight is 511 g/mol. The highest BCUT2D eigenvalue weighted by molar-refractivity contribution is 7.17. The number of hydrogen-bond acceptors (Lipinski definition) is 8. The van der Waals surface area contributed by atoms with Crippen LogP contribution in [0.4, 0.5) is 9.52 Å². The maximum atomic E-state index is 13.7. The number of amides is 1. The summed E-state index contributed by atoms with van der Waals surface area (Å²) < 4.78 is 24.0. The van der Waals surface area contributed by atoms with E-state index in [-0.39, 0.29) is 15.6 Å². The Balaban J connectivity index is 1.91. The molecule has 1 N–H and O–H groups in total. The van der Waals surface area contributed by atoms with E-state index in [1.807, 2.05) is 6.92 Å². The van der Waals surface area contributed by atoms with E-state index in [2.05, 4.69) is 4.98 Å². The Labute approximate surface area is 210 Å². The summed E-state index contributed by atoms with van der Waals surface area (Å²) in [5.41, 5.74) is 1.57. The van der Waals surface area contributed by atoms with Crippen molar-refractivity contribution < 1.29 is 33.4 Å². The minimum atomic E-state index is -1.10. The van der Waals surface area contributed by atoms with Gasteiger partial charge in [0.1, 0.15) is 22.2 Å². The van der Waals surface area contributed by atoms with Gasteiger partial charge in [0.15, 0.2) is 5.13 Å². The van der Waals surface area contributed by atoms with Gasteiger partial charge in [0.2, 0.25) is 0 Å². The number of anilines is 1. The lowest BCUT2D eigenvalue weighted by Gasteiger charge is -2.23. The molecule has 186 valence electrons. The van der Waals surface area contributed by atoms with Crippen molar-refractivity contribution in [1.29, 1.82) is 0 Å². The molecule has 1 aliphatic rings. The maximum Gasteiger partial charge on any atom is 0.350 e. The van der Waals surface area contributed by atoms with Gasteiger partial charge in [-0.3, -0.25) is 14.5 Å². The van der Waals surface area contributed by atoms with Crippen molar-refractivity contribution in [2.24, 2.45) is 0 Å². The Morgan fingerprint density at radius 2 is 1.86 bits per heavy atom. The first kappa shape index (κ1) is 25.1. The molecule has 2 heterocycles. The zero-order chi connectivity index (χ0) is 26.1. The normalized spacial score (nSPS) is 16.9. The third-order valence-electron chi connectivity index (χ3n) is 5.74. The number of ketones is 1. The number of aromatic nitrogens is 1. The molecular formula is C26H23FN2O6S. The second kappa shape index (κ2) is 9.90. The Bertz CT molecular complexity index is 1400. The topological polar surface area (TPSA) is 106 Å². The summed E-state index contributed by atoms with van der Waals surface area (Å²) >= 11 is 0.889. The average Bonchev–Trinajstić information content (AvgIpc) is 3.36. The number of ether oxygens (including phenoxy) is 2. The van der Waals surface area contributed by atoms with Crippen LogP contribution in [-0.2, 0) is 14.3 Å². The van der Waals surface area contributed by atoms with Gasteiger partial charge in [0.25, 0.3) is 5.78 Å². The number of halogens is 1. The third-order valence-corrected chi connectivity index (χ3v) is 6.88. The largest absolute Gasteiger partial charge is 0.507 e. The summed E-state index contributed by atoms with van der Waals surface area (Å²) in [5.74, 6) is -2.76. The molecule has 8 nitrogen and oxygen atoms in total. The van der Waals surface area contributed by atoms with E-state index in [9.17, 15) is 23.9 Å². The van der Waals surface area contributed by atoms with Crippen LogP contribution in [0, 0.1) is 19.7 Å². The van der Waals surface area contributed by atoms with Crippen LogP contribution in [0.15, 0.2) is 48.0 Å². The number of aliphatic hydroxyl groups excluding tert-OH is 1. The van der Waals surface area contributed by atoms with Crippen LogP contribution in [0.2, 0.25) is 0 Å². The van der Waals surface area contributed by atoms with Crippen molar-refractivity contribution in [3.63, 3.8) is 0 Å². The number of hydrogen-bond donors (Lipinski definition) is 1. The fraction of sp³-hybridized carbons (Fsp3) is 0.231. The van der Waals surface area contributed by atoms with Crippen LogP contribution in [-0.4, -0.2) is 41.5 Å². The van der Waals surface area contributed by atoms with Gasteiger partial charge in [-0.2, -0.15) is 0 Å². The predicted molar refractivity (Wildman–Crippen MR) is 132 cm³/mol. The number of aliphatic hydroxyl groups is 1. The standard InChI is InChI=1S/C26H23FN2O6S/c1-5-35-18-11-8-16(12-13(18)2)21(30)19-20(15-6-9-17(27)10-7-15)29(24(32)22(19)31)26-28-14(3)23(36-26)25(33)34-4/h6-12,20,30H,5H2,1-4H3/t20-/m1/s1. The fourth-order valence-electron chi connectivity index (χ4n) is 4.03. The first-order valence-electron chi connectivity index (χ1n) is 11.0. The summed E-state index contributed by atoms with van der Waals surface area (Å²) in [4.78, 5) is 44.3. The smallest absolute Gasteiger partial charge is 0.350 e. The minimum Gasteiger partial charge on any atom is -0.507 e. The monoisotopic (exact) mass is 510 g/mol. The van der Waals surface area contributed by atoms with Crippen molar-refractivity contribution in [2.45, 2.75) is 26.8 Å². The number of carbonyl (C=O) groups is 3. The molecular weight excluding hydrogens is 487 g/mol. The van der Waals surface area contributed by atoms with Crippen LogP contribution < -0.4 is 9.64 Å². The highest BCUT2D eigenvalue weighted by Crippen LogP contribution is 2.44. The van der Waals surface area contributed by atoms with Crippen LogP contribution in [0.1, 0.15) is 45.0 Å². The van der Waals surface area contributed by atoms with Gasteiger partial charge in [-0.15, -0.1) is 0 Å². The van der Waals surface area contributed by atoms with Gasteiger partial charge in [-0.1, -0.05) is 23.5 Å². The molecule has 10 heteroatoms. The van der Waals surface area contributed by atoms with Gasteiger partial charge in [0.05, 0.1) is 31.0 Å². The van der Waals surface area contributed by atoms with Crippen LogP contribution in [0.25, 0.3) is 5.76 Å². The van der Waals surface area contributed by atoms with E-state index in [0.717, 1.165) is 21.8 Å². The molecule has 0 unspecified atom stereocenters. The number of Topliss-reactive ketones (excluding diaryl/α,β-unsaturated/α-hetero) is 1. The lowest BCUT2D eigenvalue weighted by atomic mass is 9.95.